The average molecular weight is 265 g/mol. The summed E-state index contributed by atoms with van der Waals surface area (Å²) in [4.78, 5) is 23.7. The highest BCUT2D eigenvalue weighted by atomic mass is 35.7. The van der Waals surface area contributed by atoms with Gasteiger partial charge in [0.1, 0.15) is 5.78 Å². The SMILES string of the molecule is CC12CCC(CC1=O)C2(C)C(=O)S(=O)(=O)Cl. The molecule has 3 atom stereocenters. The smallest absolute Gasteiger partial charge is 0.295 e. The molecule has 4 nitrogen and oxygen atoms in total. The Bertz CT molecular complexity index is 483. The largest absolute Gasteiger partial charge is 0.299 e. The summed E-state index contributed by atoms with van der Waals surface area (Å²) in [7, 11) is 0.882. The number of halogens is 1. The van der Waals surface area contributed by atoms with Crippen LogP contribution in [0.1, 0.15) is 33.1 Å². The van der Waals surface area contributed by atoms with Gasteiger partial charge in [-0.2, -0.15) is 0 Å². The van der Waals surface area contributed by atoms with Gasteiger partial charge in [0, 0.05) is 22.5 Å². The predicted octanol–water partition coefficient (Wildman–Crippen LogP) is 1.48. The molecule has 2 aliphatic carbocycles. The van der Waals surface area contributed by atoms with Crippen LogP contribution in [0, 0.1) is 16.7 Å². The lowest BCUT2D eigenvalue weighted by Crippen LogP contribution is -2.43. The molecule has 90 valence electrons. The van der Waals surface area contributed by atoms with Gasteiger partial charge in [0.15, 0.2) is 0 Å². The molecule has 0 aromatic carbocycles. The van der Waals surface area contributed by atoms with Gasteiger partial charge >= 0.3 is 0 Å². The first-order chi connectivity index (χ1) is 7.14. The molecule has 3 unspecified atom stereocenters. The Hall–Kier alpha value is -0.420. The highest BCUT2D eigenvalue weighted by Crippen LogP contribution is 2.64. The van der Waals surface area contributed by atoms with Crippen LogP contribution in [0.3, 0.4) is 0 Å². The van der Waals surface area contributed by atoms with E-state index in [-0.39, 0.29) is 11.7 Å². The Morgan fingerprint density at radius 1 is 1.44 bits per heavy atom. The number of Topliss-reactive ketones (excluding diaryl/α,β-unsaturated/α-hetero) is 1. The zero-order valence-electron chi connectivity index (χ0n) is 9.12. The molecule has 2 aliphatic rings. The fourth-order valence-electron chi connectivity index (χ4n) is 3.29. The molecule has 0 aliphatic heterocycles. The molecule has 2 bridgehead atoms. The van der Waals surface area contributed by atoms with Crippen molar-refractivity contribution < 1.29 is 18.0 Å². The highest BCUT2D eigenvalue weighted by molar-refractivity contribution is 8.25. The van der Waals surface area contributed by atoms with Crippen molar-refractivity contribution in [3.05, 3.63) is 0 Å². The van der Waals surface area contributed by atoms with E-state index < -0.39 is 25.0 Å². The minimum absolute atomic E-state index is 0.0140. The van der Waals surface area contributed by atoms with Crippen molar-refractivity contribution in [3.63, 3.8) is 0 Å². The van der Waals surface area contributed by atoms with Crippen LogP contribution >= 0.6 is 10.7 Å². The third kappa shape index (κ3) is 1.19. The first-order valence-electron chi connectivity index (χ1n) is 5.16. The molecule has 0 aromatic heterocycles. The molecule has 2 saturated carbocycles. The van der Waals surface area contributed by atoms with Crippen molar-refractivity contribution in [1.82, 2.24) is 0 Å². The van der Waals surface area contributed by atoms with Gasteiger partial charge in [0.2, 0.25) is 0 Å². The van der Waals surface area contributed by atoms with Gasteiger partial charge in [0.25, 0.3) is 14.2 Å². The molecule has 6 heteroatoms. The average Bonchev–Trinajstić information content (AvgIpc) is 2.51. The maximum Gasteiger partial charge on any atom is 0.295 e. The summed E-state index contributed by atoms with van der Waals surface area (Å²) < 4.78 is 22.4. The monoisotopic (exact) mass is 264 g/mol. The molecule has 0 radical (unpaired) electrons. The van der Waals surface area contributed by atoms with Crippen LogP contribution in [0.4, 0.5) is 0 Å². The summed E-state index contributed by atoms with van der Waals surface area (Å²) in [6, 6.07) is 0. The molecular weight excluding hydrogens is 252 g/mol. The Morgan fingerprint density at radius 2 is 2.00 bits per heavy atom. The predicted molar refractivity (Wildman–Crippen MR) is 58.3 cm³/mol. The lowest BCUT2D eigenvalue weighted by atomic mass is 9.70. The number of hydrogen-bond donors (Lipinski definition) is 0. The Labute approximate surface area is 98.8 Å². The van der Waals surface area contributed by atoms with E-state index in [2.05, 4.69) is 0 Å². The molecule has 0 amide bonds. The van der Waals surface area contributed by atoms with Crippen molar-refractivity contribution in [3.8, 4) is 0 Å². The van der Waals surface area contributed by atoms with Crippen LogP contribution in [0.5, 0.6) is 0 Å². The Kier molecular flexibility index (Phi) is 2.31. The summed E-state index contributed by atoms with van der Waals surface area (Å²) in [5.74, 6) is -0.189. The molecule has 0 spiro atoms. The topological polar surface area (TPSA) is 68.3 Å². The number of carbonyl (C=O) groups is 2. The third-order valence-corrected chi connectivity index (χ3v) is 5.94. The molecule has 2 fully saturated rings. The fourth-order valence-corrected chi connectivity index (χ4v) is 4.67. The van der Waals surface area contributed by atoms with Gasteiger partial charge in [0.05, 0.1) is 5.41 Å². The van der Waals surface area contributed by atoms with Crippen LogP contribution in [-0.4, -0.2) is 19.3 Å². The van der Waals surface area contributed by atoms with E-state index in [0.717, 1.165) is 6.42 Å². The molecule has 0 N–H and O–H groups in total. The van der Waals surface area contributed by atoms with Crippen molar-refractivity contribution in [2.24, 2.45) is 16.7 Å². The van der Waals surface area contributed by atoms with E-state index in [9.17, 15) is 18.0 Å². The van der Waals surface area contributed by atoms with Gasteiger partial charge in [-0.05, 0) is 18.8 Å². The zero-order chi connectivity index (χ0) is 12.4. The number of ketones is 1. The van der Waals surface area contributed by atoms with Crippen LogP contribution in [0.15, 0.2) is 0 Å². The molecule has 0 aromatic rings. The first-order valence-corrected chi connectivity index (χ1v) is 7.47. The summed E-state index contributed by atoms with van der Waals surface area (Å²) in [6.45, 7) is 3.25. The van der Waals surface area contributed by atoms with Gasteiger partial charge in [-0.1, -0.05) is 13.8 Å². The van der Waals surface area contributed by atoms with Crippen molar-refractivity contribution >= 4 is 30.6 Å². The van der Waals surface area contributed by atoms with E-state index in [4.69, 9.17) is 10.7 Å². The number of hydrogen-bond acceptors (Lipinski definition) is 4. The van der Waals surface area contributed by atoms with E-state index >= 15 is 0 Å². The van der Waals surface area contributed by atoms with Crippen LogP contribution in [0.2, 0.25) is 0 Å². The van der Waals surface area contributed by atoms with E-state index in [1.54, 1.807) is 13.8 Å². The highest BCUT2D eigenvalue weighted by Gasteiger charge is 2.69. The summed E-state index contributed by atoms with van der Waals surface area (Å²) in [5.41, 5.74) is -1.98. The lowest BCUT2D eigenvalue weighted by molar-refractivity contribution is -0.134. The van der Waals surface area contributed by atoms with Crippen LogP contribution < -0.4 is 0 Å². The van der Waals surface area contributed by atoms with Gasteiger partial charge in [-0.3, -0.25) is 9.59 Å². The minimum atomic E-state index is -4.25. The molecule has 2 rings (SSSR count). The normalized spacial score (nSPS) is 42.7. The number of rotatable bonds is 1. The van der Waals surface area contributed by atoms with Crippen molar-refractivity contribution in [2.75, 3.05) is 0 Å². The third-order valence-electron chi connectivity index (χ3n) is 4.65. The van der Waals surface area contributed by atoms with Gasteiger partial charge in [-0.25, -0.2) is 8.42 Å². The lowest BCUT2D eigenvalue weighted by Gasteiger charge is -2.33. The second-order valence-corrected chi connectivity index (χ2v) is 7.59. The molecule has 16 heavy (non-hydrogen) atoms. The maximum absolute atomic E-state index is 11.9. The second kappa shape index (κ2) is 3.07. The molecule has 0 saturated heterocycles. The Morgan fingerprint density at radius 3 is 2.31 bits per heavy atom. The number of fused-ring (bicyclic) bond motifs is 2. The summed E-state index contributed by atoms with van der Waals surface area (Å²) in [6.07, 6.45) is 1.59. The Balaban J connectivity index is 2.56. The quantitative estimate of drug-likeness (QED) is 0.673. The summed E-state index contributed by atoms with van der Waals surface area (Å²) >= 11 is 0. The van der Waals surface area contributed by atoms with Gasteiger partial charge < -0.3 is 0 Å². The van der Waals surface area contributed by atoms with E-state index in [1.165, 1.54) is 0 Å². The molecule has 0 heterocycles. The zero-order valence-corrected chi connectivity index (χ0v) is 10.7. The summed E-state index contributed by atoms with van der Waals surface area (Å²) in [5, 5.41) is -0.988. The minimum Gasteiger partial charge on any atom is -0.299 e. The maximum atomic E-state index is 11.9. The van der Waals surface area contributed by atoms with Crippen molar-refractivity contribution in [2.45, 2.75) is 33.1 Å². The van der Waals surface area contributed by atoms with E-state index in [1.807, 2.05) is 0 Å². The molecular formula is C10H13ClO4S. The van der Waals surface area contributed by atoms with Crippen LogP contribution in [0.25, 0.3) is 0 Å². The fraction of sp³-hybridized carbons (Fsp3) is 0.800. The van der Waals surface area contributed by atoms with E-state index in [0.29, 0.717) is 12.8 Å². The van der Waals surface area contributed by atoms with Crippen LogP contribution in [-0.2, 0) is 18.6 Å². The van der Waals surface area contributed by atoms with Gasteiger partial charge in [-0.15, -0.1) is 0 Å². The standard InChI is InChI=1S/C10H13ClO4S/c1-9-4-3-6(5-7(9)12)10(9,2)8(13)16(11,14)15/h6H,3-5H2,1-2H3. The number of carbonyl (C=O) groups excluding carboxylic acids is 2. The second-order valence-electron chi connectivity index (χ2n) is 5.12. The van der Waals surface area contributed by atoms with Crippen molar-refractivity contribution in [1.29, 1.82) is 0 Å². The first kappa shape index (κ1) is 12.0.